The number of hydrogen-bond donors (Lipinski definition) is 1. The Bertz CT molecular complexity index is 1060. The standard InChI is InChI=1S/C25H27N5O/c1-30(2)25-28-17-21(22-9-5-6-14-26-22)24(29-25)20-12-10-19(11-13-20)16-27-23(31)15-18-7-3-4-8-18/h3,5-7,9-14,17-18H,4,8,15-16H2,1-2H3,(H,27,31)/t18-/m0/s1. The van der Waals surface area contributed by atoms with Gasteiger partial charge < -0.3 is 10.2 Å². The van der Waals surface area contributed by atoms with Gasteiger partial charge in [-0.25, -0.2) is 9.97 Å². The second kappa shape index (κ2) is 9.51. The van der Waals surface area contributed by atoms with E-state index in [2.05, 4.69) is 27.4 Å². The number of nitrogens with one attached hydrogen (secondary N) is 1. The maximum absolute atomic E-state index is 12.2. The maximum Gasteiger partial charge on any atom is 0.225 e. The zero-order chi connectivity index (χ0) is 21.6. The van der Waals surface area contributed by atoms with Crippen molar-refractivity contribution < 1.29 is 4.79 Å². The van der Waals surface area contributed by atoms with Crippen LogP contribution in [0, 0.1) is 5.92 Å². The fourth-order valence-corrected chi connectivity index (χ4v) is 3.67. The molecule has 1 amide bonds. The van der Waals surface area contributed by atoms with Crippen LogP contribution in [0.3, 0.4) is 0 Å². The van der Waals surface area contributed by atoms with Gasteiger partial charge in [-0.15, -0.1) is 0 Å². The minimum atomic E-state index is 0.101. The van der Waals surface area contributed by atoms with Crippen LogP contribution in [0.2, 0.25) is 0 Å². The number of amides is 1. The van der Waals surface area contributed by atoms with Gasteiger partial charge in [0.25, 0.3) is 0 Å². The number of pyridine rings is 1. The summed E-state index contributed by atoms with van der Waals surface area (Å²) in [5, 5.41) is 3.03. The molecule has 0 bridgehead atoms. The van der Waals surface area contributed by atoms with Gasteiger partial charge in [0, 0.05) is 50.6 Å². The van der Waals surface area contributed by atoms with Crippen LogP contribution < -0.4 is 10.2 Å². The zero-order valence-electron chi connectivity index (χ0n) is 18.0. The smallest absolute Gasteiger partial charge is 0.225 e. The minimum absolute atomic E-state index is 0.101. The lowest BCUT2D eigenvalue weighted by Gasteiger charge is -2.15. The summed E-state index contributed by atoms with van der Waals surface area (Å²) < 4.78 is 0. The molecule has 3 aromatic rings. The molecular formula is C25H27N5O. The summed E-state index contributed by atoms with van der Waals surface area (Å²) in [5.74, 6) is 1.13. The van der Waals surface area contributed by atoms with Crippen molar-refractivity contribution in [2.24, 2.45) is 5.92 Å². The highest BCUT2D eigenvalue weighted by Gasteiger charge is 2.15. The van der Waals surface area contributed by atoms with E-state index in [-0.39, 0.29) is 5.91 Å². The predicted octanol–water partition coefficient (Wildman–Crippen LogP) is 4.24. The fraction of sp³-hybridized carbons (Fsp3) is 0.280. The van der Waals surface area contributed by atoms with Gasteiger partial charge in [-0.1, -0.05) is 42.5 Å². The predicted molar refractivity (Wildman–Crippen MR) is 123 cm³/mol. The van der Waals surface area contributed by atoms with Crippen molar-refractivity contribution in [3.8, 4) is 22.5 Å². The van der Waals surface area contributed by atoms with E-state index in [1.54, 1.807) is 6.20 Å². The topological polar surface area (TPSA) is 71.0 Å². The van der Waals surface area contributed by atoms with Crippen LogP contribution in [-0.4, -0.2) is 35.0 Å². The molecule has 1 aromatic carbocycles. The number of carbonyl (C=O) groups is 1. The van der Waals surface area contributed by atoms with E-state index in [0.29, 0.717) is 24.8 Å². The van der Waals surface area contributed by atoms with Crippen LogP contribution in [0.25, 0.3) is 22.5 Å². The van der Waals surface area contributed by atoms with Gasteiger partial charge in [-0.3, -0.25) is 9.78 Å². The number of carbonyl (C=O) groups excluding carboxylic acids is 1. The lowest BCUT2D eigenvalue weighted by atomic mass is 10.0. The van der Waals surface area contributed by atoms with Crippen molar-refractivity contribution in [3.05, 3.63) is 72.6 Å². The summed E-state index contributed by atoms with van der Waals surface area (Å²) in [4.78, 5) is 27.8. The van der Waals surface area contributed by atoms with Crippen molar-refractivity contribution in [1.29, 1.82) is 0 Å². The number of benzene rings is 1. The highest BCUT2D eigenvalue weighted by atomic mass is 16.1. The highest BCUT2D eigenvalue weighted by molar-refractivity contribution is 5.79. The second-order valence-corrected chi connectivity index (χ2v) is 7.99. The first-order valence-electron chi connectivity index (χ1n) is 10.6. The first-order valence-corrected chi connectivity index (χ1v) is 10.6. The zero-order valence-corrected chi connectivity index (χ0v) is 18.0. The first kappa shape index (κ1) is 20.7. The third-order valence-electron chi connectivity index (χ3n) is 5.39. The Balaban J connectivity index is 1.52. The number of hydrogen-bond acceptors (Lipinski definition) is 5. The first-order chi connectivity index (χ1) is 15.1. The molecular weight excluding hydrogens is 386 g/mol. The number of nitrogens with zero attached hydrogens (tertiary/aromatic N) is 4. The van der Waals surface area contributed by atoms with Crippen molar-refractivity contribution in [3.63, 3.8) is 0 Å². The average Bonchev–Trinajstić information content (AvgIpc) is 3.31. The van der Waals surface area contributed by atoms with Crippen LogP contribution in [0.4, 0.5) is 5.95 Å². The van der Waals surface area contributed by atoms with Crippen LogP contribution in [0.5, 0.6) is 0 Å². The number of allylic oxidation sites excluding steroid dienone is 2. The van der Waals surface area contributed by atoms with Gasteiger partial charge >= 0.3 is 0 Å². The highest BCUT2D eigenvalue weighted by Crippen LogP contribution is 2.30. The lowest BCUT2D eigenvalue weighted by molar-refractivity contribution is -0.121. The third-order valence-corrected chi connectivity index (χ3v) is 5.39. The summed E-state index contributed by atoms with van der Waals surface area (Å²) in [6.07, 6.45) is 10.6. The molecule has 0 radical (unpaired) electrons. The Morgan fingerprint density at radius 1 is 1.13 bits per heavy atom. The molecule has 0 saturated carbocycles. The molecule has 0 spiro atoms. The normalized spacial score (nSPS) is 15.1. The van der Waals surface area contributed by atoms with Gasteiger partial charge in [0.1, 0.15) is 0 Å². The summed E-state index contributed by atoms with van der Waals surface area (Å²) in [5.41, 5.74) is 4.59. The molecule has 1 aliphatic rings. The molecule has 2 aromatic heterocycles. The van der Waals surface area contributed by atoms with Crippen LogP contribution >= 0.6 is 0 Å². The molecule has 6 heteroatoms. The van der Waals surface area contributed by atoms with Crippen molar-refractivity contribution in [2.45, 2.75) is 25.8 Å². The summed E-state index contributed by atoms with van der Waals surface area (Å²) in [6.45, 7) is 0.523. The van der Waals surface area contributed by atoms with Crippen molar-refractivity contribution >= 4 is 11.9 Å². The molecule has 2 heterocycles. The molecule has 1 N–H and O–H groups in total. The molecule has 0 saturated heterocycles. The molecule has 31 heavy (non-hydrogen) atoms. The number of aromatic nitrogens is 3. The van der Waals surface area contributed by atoms with Crippen LogP contribution in [0.15, 0.2) is 67.0 Å². The van der Waals surface area contributed by atoms with Gasteiger partial charge in [0.2, 0.25) is 11.9 Å². The van der Waals surface area contributed by atoms with Gasteiger partial charge in [0.05, 0.1) is 11.4 Å². The van der Waals surface area contributed by atoms with Crippen LogP contribution in [-0.2, 0) is 11.3 Å². The van der Waals surface area contributed by atoms with Gasteiger partial charge in [0.15, 0.2) is 0 Å². The van der Waals surface area contributed by atoms with Crippen LogP contribution in [0.1, 0.15) is 24.8 Å². The van der Waals surface area contributed by atoms with Crippen molar-refractivity contribution in [1.82, 2.24) is 20.3 Å². The molecule has 1 atom stereocenters. The Labute approximate surface area is 183 Å². The van der Waals surface area contributed by atoms with E-state index in [1.807, 2.05) is 67.7 Å². The molecule has 6 nitrogen and oxygen atoms in total. The SMILES string of the molecule is CN(C)c1ncc(-c2ccccn2)c(-c2ccc(CNC(=O)C[C@H]3C=CCC3)cc2)n1. The summed E-state index contributed by atoms with van der Waals surface area (Å²) >= 11 is 0. The van der Waals surface area contributed by atoms with E-state index >= 15 is 0 Å². The van der Waals surface area contributed by atoms with E-state index in [9.17, 15) is 4.79 Å². The number of anilines is 1. The molecule has 4 rings (SSSR count). The second-order valence-electron chi connectivity index (χ2n) is 7.99. The lowest BCUT2D eigenvalue weighted by Crippen LogP contribution is -2.24. The summed E-state index contributed by atoms with van der Waals surface area (Å²) in [7, 11) is 3.85. The Hall–Kier alpha value is -3.54. The Morgan fingerprint density at radius 2 is 1.97 bits per heavy atom. The van der Waals surface area contributed by atoms with Gasteiger partial charge in [-0.05, 0) is 36.5 Å². The maximum atomic E-state index is 12.2. The molecule has 0 aliphatic heterocycles. The largest absolute Gasteiger partial charge is 0.352 e. The van der Waals surface area contributed by atoms with E-state index < -0.39 is 0 Å². The Morgan fingerprint density at radius 3 is 2.65 bits per heavy atom. The molecule has 0 unspecified atom stereocenters. The Kier molecular flexibility index (Phi) is 6.36. The van der Waals surface area contributed by atoms with E-state index in [0.717, 1.165) is 40.9 Å². The molecule has 0 fully saturated rings. The number of rotatable bonds is 7. The van der Waals surface area contributed by atoms with Crippen molar-refractivity contribution in [2.75, 3.05) is 19.0 Å². The monoisotopic (exact) mass is 413 g/mol. The van der Waals surface area contributed by atoms with E-state index in [1.165, 1.54) is 0 Å². The third kappa shape index (κ3) is 5.15. The molecule has 158 valence electrons. The summed E-state index contributed by atoms with van der Waals surface area (Å²) in [6, 6.07) is 13.9. The average molecular weight is 414 g/mol. The fourth-order valence-electron chi connectivity index (χ4n) is 3.67. The van der Waals surface area contributed by atoms with Gasteiger partial charge in [-0.2, -0.15) is 0 Å². The molecule has 1 aliphatic carbocycles. The minimum Gasteiger partial charge on any atom is -0.352 e. The van der Waals surface area contributed by atoms with E-state index in [4.69, 9.17) is 4.98 Å². The quantitative estimate of drug-likeness (QED) is 0.587.